The standard InChI is InChI=1S/C16H25N2OPS/c1-13(14-9-5-4-6-10-14)19-20(21)17(2)15-11-7-8-12-16(15)18(20)3/h4-6,9-10,13,15-16H,7-8,11-12H2,1-3H3/t13?,15-,16-/m1/s1. The molecule has 1 aliphatic carbocycles. The van der Waals surface area contributed by atoms with Crippen LogP contribution < -0.4 is 0 Å². The molecule has 3 atom stereocenters. The molecule has 116 valence electrons. The molecule has 1 aromatic carbocycles. The second-order valence-electron chi connectivity index (χ2n) is 6.22. The van der Waals surface area contributed by atoms with E-state index in [9.17, 15) is 0 Å². The minimum Gasteiger partial charge on any atom is -0.319 e. The van der Waals surface area contributed by atoms with Gasteiger partial charge in [-0.1, -0.05) is 43.2 Å². The SMILES string of the molecule is CC(OP1(=S)N(C)[C@@H]2CCCC[C@H]2N1C)c1ccccc1. The Labute approximate surface area is 133 Å². The Hall–Kier alpha value is -0.250. The maximum atomic E-state index is 6.48. The van der Waals surface area contributed by atoms with Gasteiger partial charge in [0.25, 0.3) is 0 Å². The highest BCUT2D eigenvalue weighted by Crippen LogP contribution is 2.64. The Balaban J connectivity index is 1.81. The minimum absolute atomic E-state index is 0.0436. The largest absolute Gasteiger partial charge is 0.319 e. The summed E-state index contributed by atoms with van der Waals surface area (Å²) in [5, 5.41) is 0. The van der Waals surface area contributed by atoms with Gasteiger partial charge in [0.05, 0.1) is 6.10 Å². The maximum Gasteiger partial charge on any atom is 0.204 e. The van der Waals surface area contributed by atoms with Crippen LogP contribution in [0.3, 0.4) is 0 Å². The van der Waals surface area contributed by atoms with E-state index in [-0.39, 0.29) is 6.10 Å². The zero-order valence-electron chi connectivity index (χ0n) is 13.1. The van der Waals surface area contributed by atoms with Crippen LogP contribution in [0.4, 0.5) is 0 Å². The summed E-state index contributed by atoms with van der Waals surface area (Å²) in [6.45, 7) is 0.0391. The third kappa shape index (κ3) is 2.73. The molecule has 3 rings (SSSR count). The summed E-state index contributed by atoms with van der Waals surface area (Å²) in [5.41, 5.74) is 1.21. The van der Waals surface area contributed by atoms with Crippen molar-refractivity contribution in [3.05, 3.63) is 35.9 Å². The van der Waals surface area contributed by atoms with Crippen molar-refractivity contribution in [2.24, 2.45) is 0 Å². The van der Waals surface area contributed by atoms with Crippen LogP contribution >= 0.6 is 6.57 Å². The van der Waals surface area contributed by atoms with E-state index in [1.54, 1.807) is 0 Å². The summed E-state index contributed by atoms with van der Waals surface area (Å²) in [5.74, 6) is 0. The lowest BCUT2D eigenvalue weighted by Crippen LogP contribution is -2.37. The maximum absolute atomic E-state index is 6.48. The molecule has 1 saturated carbocycles. The fraction of sp³-hybridized carbons (Fsp3) is 0.625. The Morgan fingerprint density at radius 3 is 2.14 bits per heavy atom. The molecule has 1 unspecified atom stereocenters. The van der Waals surface area contributed by atoms with E-state index >= 15 is 0 Å². The van der Waals surface area contributed by atoms with Crippen LogP contribution in [-0.4, -0.2) is 35.5 Å². The highest BCUT2D eigenvalue weighted by Gasteiger charge is 2.50. The Morgan fingerprint density at radius 1 is 1.10 bits per heavy atom. The van der Waals surface area contributed by atoms with Gasteiger partial charge in [0.1, 0.15) is 0 Å². The van der Waals surface area contributed by atoms with Gasteiger partial charge in [-0.25, -0.2) is 9.34 Å². The monoisotopic (exact) mass is 324 g/mol. The van der Waals surface area contributed by atoms with Gasteiger partial charge in [0.15, 0.2) is 0 Å². The van der Waals surface area contributed by atoms with Crippen LogP contribution in [0.1, 0.15) is 44.3 Å². The Morgan fingerprint density at radius 2 is 1.62 bits per heavy atom. The first kappa shape index (κ1) is 15.6. The third-order valence-corrected chi connectivity index (χ3v) is 9.60. The van der Waals surface area contributed by atoms with Crippen molar-refractivity contribution in [1.82, 2.24) is 9.34 Å². The van der Waals surface area contributed by atoms with Gasteiger partial charge in [-0.15, -0.1) is 0 Å². The molecule has 0 spiro atoms. The summed E-state index contributed by atoms with van der Waals surface area (Å²) in [4.78, 5) is 0. The van der Waals surface area contributed by atoms with E-state index in [2.05, 4.69) is 54.6 Å². The van der Waals surface area contributed by atoms with Crippen molar-refractivity contribution >= 4 is 18.4 Å². The average molecular weight is 324 g/mol. The van der Waals surface area contributed by atoms with Gasteiger partial charge in [-0.2, -0.15) is 0 Å². The van der Waals surface area contributed by atoms with E-state index in [0.717, 1.165) is 0 Å². The molecule has 3 nitrogen and oxygen atoms in total. The molecular weight excluding hydrogens is 299 g/mol. The van der Waals surface area contributed by atoms with E-state index in [1.165, 1.54) is 31.2 Å². The number of fused-ring (bicyclic) bond motifs is 1. The molecule has 21 heavy (non-hydrogen) atoms. The summed E-state index contributed by atoms with van der Waals surface area (Å²) in [6.07, 6.45) is 5.20. The van der Waals surface area contributed by atoms with E-state index < -0.39 is 6.57 Å². The van der Waals surface area contributed by atoms with Crippen LogP contribution in [-0.2, 0) is 16.3 Å². The molecule has 0 amide bonds. The molecule has 1 aliphatic heterocycles. The van der Waals surface area contributed by atoms with Crippen LogP contribution in [0.15, 0.2) is 30.3 Å². The number of hydrogen-bond acceptors (Lipinski definition) is 2. The second kappa shape index (κ2) is 6.10. The van der Waals surface area contributed by atoms with Crippen molar-refractivity contribution in [1.29, 1.82) is 0 Å². The van der Waals surface area contributed by atoms with Gasteiger partial charge in [0.2, 0.25) is 6.57 Å². The first-order chi connectivity index (χ1) is 10.0. The summed E-state index contributed by atoms with van der Waals surface area (Å²) in [7, 11) is 4.34. The number of benzene rings is 1. The average Bonchev–Trinajstić information content (AvgIpc) is 2.71. The zero-order valence-corrected chi connectivity index (χ0v) is 14.8. The third-order valence-electron chi connectivity index (χ3n) is 5.02. The molecule has 0 radical (unpaired) electrons. The van der Waals surface area contributed by atoms with E-state index in [1.807, 2.05) is 6.07 Å². The quantitative estimate of drug-likeness (QED) is 0.775. The lowest BCUT2D eigenvalue weighted by atomic mass is 9.91. The zero-order chi connectivity index (χ0) is 15.0. The molecule has 5 heteroatoms. The van der Waals surface area contributed by atoms with Crippen LogP contribution in [0.2, 0.25) is 0 Å². The summed E-state index contributed by atoms with van der Waals surface area (Å²) >= 11 is 6.04. The lowest BCUT2D eigenvalue weighted by Gasteiger charge is -2.33. The minimum atomic E-state index is -2.08. The normalized spacial score (nSPS) is 31.0. The number of nitrogens with zero attached hydrogens (tertiary/aromatic N) is 2. The topological polar surface area (TPSA) is 15.7 Å². The fourth-order valence-corrected chi connectivity index (χ4v) is 7.38. The number of hydrogen-bond donors (Lipinski definition) is 0. The molecule has 0 aromatic heterocycles. The predicted molar refractivity (Wildman–Crippen MR) is 91.8 cm³/mol. The van der Waals surface area contributed by atoms with Gasteiger partial charge >= 0.3 is 0 Å². The molecule has 1 aromatic rings. The van der Waals surface area contributed by atoms with Crippen molar-refractivity contribution in [2.75, 3.05) is 14.1 Å². The Bertz CT molecular complexity index is 516. The van der Waals surface area contributed by atoms with Crippen molar-refractivity contribution < 1.29 is 4.52 Å². The van der Waals surface area contributed by atoms with Gasteiger partial charge in [0, 0.05) is 12.1 Å². The highest BCUT2D eigenvalue weighted by atomic mass is 32.5. The van der Waals surface area contributed by atoms with Crippen molar-refractivity contribution in [2.45, 2.75) is 50.8 Å². The van der Waals surface area contributed by atoms with Crippen molar-refractivity contribution in [3.63, 3.8) is 0 Å². The van der Waals surface area contributed by atoms with Gasteiger partial charge < -0.3 is 4.52 Å². The number of rotatable bonds is 3. The smallest absolute Gasteiger partial charge is 0.204 e. The molecular formula is C16H25N2OPS. The first-order valence-corrected chi connectivity index (χ1v) is 10.5. The highest BCUT2D eigenvalue weighted by molar-refractivity contribution is 8.10. The lowest BCUT2D eigenvalue weighted by molar-refractivity contribution is 0.221. The second-order valence-corrected chi connectivity index (χ2v) is 10.1. The molecule has 0 bridgehead atoms. The van der Waals surface area contributed by atoms with Crippen LogP contribution in [0, 0.1) is 0 Å². The van der Waals surface area contributed by atoms with Gasteiger partial charge in [-0.05, 0) is 51.2 Å². The van der Waals surface area contributed by atoms with Crippen LogP contribution in [0.25, 0.3) is 0 Å². The van der Waals surface area contributed by atoms with E-state index in [4.69, 9.17) is 16.3 Å². The van der Waals surface area contributed by atoms with Crippen LogP contribution in [0.5, 0.6) is 0 Å². The summed E-state index contributed by atoms with van der Waals surface area (Å²) in [6, 6.07) is 11.6. The molecule has 2 fully saturated rings. The molecule has 1 heterocycles. The van der Waals surface area contributed by atoms with Gasteiger partial charge in [-0.3, -0.25) is 0 Å². The number of likely N-dealkylation sites (N-methyl/N-ethyl adjacent to an activating group) is 2. The molecule has 2 aliphatic rings. The molecule has 1 saturated heterocycles. The first-order valence-electron chi connectivity index (χ1n) is 7.84. The van der Waals surface area contributed by atoms with E-state index in [0.29, 0.717) is 12.1 Å². The van der Waals surface area contributed by atoms with Crippen molar-refractivity contribution in [3.8, 4) is 0 Å². The fourth-order valence-electron chi connectivity index (χ4n) is 3.70. The molecule has 0 N–H and O–H groups in total. The Kier molecular flexibility index (Phi) is 4.54. The predicted octanol–water partition coefficient (Wildman–Crippen LogP) is 4.18. The summed E-state index contributed by atoms with van der Waals surface area (Å²) < 4.78 is 11.2.